The molecule has 0 unspecified atom stereocenters. The number of carbonyl (C=O) groups excluding carboxylic acids is 1. The van der Waals surface area contributed by atoms with Crippen LogP contribution in [0.1, 0.15) is 18.4 Å². The molecule has 1 amide bonds. The van der Waals surface area contributed by atoms with Crippen molar-refractivity contribution in [2.75, 3.05) is 26.8 Å². The fraction of sp³-hybridized carbons (Fsp3) is 0.381. The lowest BCUT2D eigenvalue weighted by Gasteiger charge is -2.32. The molecule has 0 radical (unpaired) electrons. The topological polar surface area (TPSA) is 50.8 Å². The number of nitrogens with one attached hydrogen (secondary N) is 1. The van der Waals surface area contributed by atoms with E-state index in [-0.39, 0.29) is 18.6 Å². The molecule has 2 aromatic rings. The van der Waals surface area contributed by atoms with Gasteiger partial charge in [-0.2, -0.15) is 0 Å². The Hall–Kier alpha value is -2.24. The molecule has 0 spiro atoms. The van der Waals surface area contributed by atoms with E-state index >= 15 is 0 Å². The van der Waals surface area contributed by atoms with Crippen molar-refractivity contribution in [3.05, 3.63) is 59.1 Å². The molecular weight excluding hydrogens is 364 g/mol. The largest absolute Gasteiger partial charge is 0.497 e. The summed E-state index contributed by atoms with van der Waals surface area (Å²) in [6.45, 7) is 2.87. The van der Waals surface area contributed by atoms with E-state index in [0.717, 1.165) is 43.2 Å². The van der Waals surface area contributed by atoms with E-state index in [0.29, 0.717) is 5.75 Å². The second-order valence-corrected chi connectivity index (χ2v) is 7.15. The normalized spacial score (nSPS) is 15.3. The first-order valence-electron chi connectivity index (χ1n) is 9.15. The van der Waals surface area contributed by atoms with Gasteiger partial charge in [0.15, 0.2) is 6.61 Å². The molecule has 1 heterocycles. The van der Waals surface area contributed by atoms with Gasteiger partial charge in [-0.1, -0.05) is 23.7 Å². The second-order valence-electron chi connectivity index (χ2n) is 6.71. The van der Waals surface area contributed by atoms with Crippen molar-refractivity contribution in [3.63, 3.8) is 0 Å². The Balaban J connectivity index is 1.36. The number of likely N-dealkylation sites (tertiary alicyclic amines) is 1. The third-order valence-electron chi connectivity index (χ3n) is 4.70. The van der Waals surface area contributed by atoms with E-state index in [9.17, 15) is 4.79 Å². The molecule has 0 bridgehead atoms. The van der Waals surface area contributed by atoms with Gasteiger partial charge in [0.1, 0.15) is 11.5 Å². The van der Waals surface area contributed by atoms with Gasteiger partial charge in [0.05, 0.1) is 7.11 Å². The van der Waals surface area contributed by atoms with E-state index in [4.69, 9.17) is 21.1 Å². The van der Waals surface area contributed by atoms with Crippen LogP contribution in [-0.4, -0.2) is 43.7 Å². The van der Waals surface area contributed by atoms with Crippen LogP contribution in [0.25, 0.3) is 0 Å². The summed E-state index contributed by atoms with van der Waals surface area (Å²) < 4.78 is 10.6. The van der Waals surface area contributed by atoms with Gasteiger partial charge in [0.2, 0.25) is 0 Å². The first-order valence-corrected chi connectivity index (χ1v) is 9.53. The standard InChI is InChI=1S/C21H25ClN2O3/c1-26-19-6-8-20(9-7-19)27-15-21(25)23-18-10-12-24(13-11-18)14-16-2-4-17(22)5-3-16/h2-9,18H,10-15H2,1H3,(H,23,25). The van der Waals surface area contributed by atoms with Crippen LogP contribution in [0, 0.1) is 0 Å². The smallest absolute Gasteiger partial charge is 0.258 e. The first-order chi connectivity index (χ1) is 13.1. The van der Waals surface area contributed by atoms with E-state index in [2.05, 4.69) is 22.3 Å². The minimum absolute atomic E-state index is 0.0251. The number of piperidine rings is 1. The van der Waals surface area contributed by atoms with Crippen LogP contribution >= 0.6 is 11.6 Å². The fourth-order valence-electron chi connectivity index (χ4n) is 3.17. The fourth-order valence-corrected chi connectivity index (χ4v) is 3.30. The molecule has 27 heavy (non-hydrogen) atoms. The lowest BCUT2D eigenvalue weighted by molar-refractivity contribution is -0.124. The van der Waals surface area contributed by atoms with Gasteiger partial charge in [-0.25, -0.2) is 0 Å². The Morgan fingerprint density at radius 2 is 1.70 bits per heavy atom. The summed E-state index contributed by atoms with van der Waals surface area (Å²) in [7, 11) is 1.62. The molecule has 6 heteroatoms. The number of hydrogen-bond acceptors (Lipinski definition) is 4. The SMILES string of the molecule is COc1ccc(OCC(=O)NC2CCN(Cc3ccc(Cl)cc3)CC2)cc1. The summed E-state index contributed by atoms with van der Waals surface area (Å²) in [6.07, 6.45) is 1.89. The number of hydrogen-bond donors (Lipinski definition) is 1. The molecule has 1 aliphatic rings. The molecule has 144 valence electrons. The number of halogens is 1. The zero-order chi connectivity index (χ0) is 19.1. The zero-order valence-electron chi connectivity index (χ0n) is 15.5. The summed E-state index contributed by atoms with van der Waals surface area (Å²) in [4.78, 5) is 14.5. The van der Waals surface area contributed by atoms with Crippen LogP contribution in [0.4, 0.5) is 0 Å². The summed E-state index contributed by atoms with van der Waals surface area (Å²) in [5.41, 5.74) is 1.26. The monoisotopic (exact) mass is 388 g/mol. The zero-order valence-corrected chi connectivity index (χ0v) is 16.2. The van der Waals surface area contributed by atoms with E-state index in [1.807, 2.05) is 24.3 Å². The van der Waals surface area contributed by atoms with Crippen molar-refractivity contribution < 1.29 is 14.3 Å². The summed E-state index contributed by atoms with van der Waals surface area (Å²) in [5.74, 6) is 1.34. The molecule has 5 nitrogen and oxygen atoms in total. The molecule has 1 fully saturated rings. The van der Waals surface area contributed by atoms with Crippen molar-refractivity contribution in [2.45, 2.75) is 25.4 Å². The Morgan fingerprint density at radius 3 is 2.33 bits per heavy atom. The van der Waals surface area contributed by atoms with Gasteiger partial charge in [-0.05, 0) is 54.8 Å². The number of benzene rings is 2. The van der Waals surface area contributed by atoms with Crippen molar-refractivity contribution in [1.82, 2.24) is 10.2 Å². The van der Waals surface area contributed by atoms with Crippen LogP contribution in [0.3, 0.4) is 0 Å². The first kappa shape index (κ1) is 19.5. The van der Waals surface area contributed by atoms with Crippen LogP contribution in [0.5, 0.6) is 11.5 Å². The van der Waals surface area contributed by atoms with Gasteiger partial charge in [-0.3, -0.25) is 9.69 Å². The number of amides is 1. The van der Waals surface area contributed by atoms with Crippen molar-refractivity contribution in [3.8, 4) is 11.5 Å². The van der Waals surface area contributed by atoms with Crippen LogP contribution in [0.2, 0.25) is 5.02 Å². The van der Waals surface area contributed by atoms with Crippen LogP contribution in [0.15, 0.2) is 48.5 Å². The lowest BCUT2D eigenvalue weighted by atomic mass is 10.0. The van der Waals surface area contributed by atoms with Crippen molar-refractivity contribution >= 4 is 17.5 Å². The van der Waals surface area contributed by atoms with Gasteiger partial charge in [0, 0.05) is 30.7 Å². The number of nitrogens with zero attached hydrogens (tertiary/aromatic N) is 1. The molecule has 3 rings (SSSR count). The summed E-state index contributed by atoms with van der Waals surface area (Å²) in [6, 6.07) is 15.4. The highest BCUT2D eigenvalue weighted by atomic mass is 35.5. The van der Waals surface area contributed by atoms with Gasteiger partial charge in [-0.15, -0.1) is 0 Å². The Kier molecular flexibility index (Phi) is 6.96. The molecule has 2 aromatic carbocycles. The van der Waals surface area contributed by atoms with Crippen LogP contribution in [-0.2, 0) is 11.3 Å². The summed E-state index contributed by atoms with van der Waals surface area (Å²) in [5, 5.41) is 3.83. The third-order valence-corrected chi connectivity index (χ3v) is 4.95. The quantitative estimate of drug-likeness (QED) is 0.788. The molecule has 1 saturated heterocycles. The predicted octanol–water partition coefficient (Wildman–Crippen LogP) is 3.51. The highest BCUT2D eigenvalue weighted by molar-refractivity contribution is 6.30. The molecule has 1 aliphatic heterocycles. The van der Waals surface area contributed by atoms with Crippen LogP contribution < -0.4 is 14.8 Å². The number of rotatable bonds is 7. The Labute approximate surface area is 165 Å². The predicted molar refractivity (Wildman–Crippen MR) is 106 cm³/mol. The van der Waals surface area contributed by atoms with Crippen molar-refractivity contribution in [1.29, 1.82) is 0 Å². The van der Waals surface area contributed by atoms with E-state index in [1.165, 1.54) is 5.56 Å². The maximum absolute atomic E-state index is 12.1. The van der Waals surface area contributed by atoms with E-state index in [1.54, 1.807) is 19.2 Å². The lowest BCUT2D eigenvalue weighted by Crippen LogP contribution is -2.45. The molecule has 1 N–H and O–H groups in total. The van der Waals surface area contributed by atoms with E-state index < -0.39 is 0 Å². The number of ether oxygens (including phenoxy) is 2. The molecule has 0 saturated carbocycles. The molecule has 0 atom stereocenters. The molecular formula is C21H25ClN2O3. The Bertz CT molecular complexity index is 726. The van der Waals surface area contributed by atoms with Crippen molar-refractivity contribution in [2.24, 2.45) is 0 Å². The minimum atomic E-state index is -0.0815. The average molecular weight is 389 g/mol. The Morgan fingerprint density at radius 1 is 1.07 bits per heavy atom. The minimum Gasteiger partial charge on any atom is -0.497 e. The maximum atomic E-state index is 12.1. The number of carbonyl (C=O) groups is 1. The highest BCUT2D eigenvalue weighted by Gasteiger charge is 2.20. The van der Waals surface area contributed by atoms with Gasteiger partial charge >= 0.3 is 0 Å². The molecule has 0 aliphatic carbocycles. The molecule has 0 aromatic heterocycles. The highest BCUT2D eigenvalue weighted by Crippen LogP contribution is 2.18. The second kappa shape index (κ2) is 9.62. The summed E-state index contributed by atoms with van der Waals surface area (Å²) >= 11 is 5.93. The maximum Gasteiger partial charge on any atom is 0.258 e. The third kappa shape index (κ3) is 6.15. The van der Waals surface area contributed by atoms with Gasteiger partial charge < -0.3 is 14.8 Å². The number of methoxy groups -OCH3 is 1. The average Bonchev–Trinajstić information content (AvgIpc) is 2.70. The van der Waals surface area contributed by atoms with Gasteiger partial charge in [0.25, 0.3) is 5.91 Å².